The number of carbonyl (C=O) groups is 2. The highest BCUT2D eigenvalue weighted by Crippen LogP contribution is 2.30. The van der Waals surface area contributed by atoms with E-state index < -0.39 is 17.7 Å². The van der Waals surface area contributed by atoms with Crippen LogP contribution in [0.5, 0.6) is 0 Å². The van der Waals surface area contributed by atoms with Crippen LogP contribution in [0, 0.1) is 5.92 Å². The third-order valence-corrected chi connectivity index (χ3v) is 4.18. The molecule has 0 aromatic carbocycles. The molecule has 23 heavy (non-hydrogen) atoms. The number of carboxylic acids is 1. The number of carboxylic acid groups (broad SMARTS) is 1. The summed E-state index contributed by atoms with van der Waals surface area (Å²) < 4.78 is 5.15. The second-order valence-corrected chi connectivity index (χ2v) is 7.45. The van der Waals surface area contributed by atoms with Crippen LogP contribution in [0.25, 0.3) is 5.57 Å². The Morgan fingerprint density at radius 3 is 2.61 bits per heavy atom. The first kappa shape index (κ1) is 17.5. The number of hydrogen-bond donors (Lipinski definition) is 2. The van der Waals surface area contributed by atoms with Crippen LogP contribution in [0.15, 0.2) is 11.5 Å². The van der Waals surface area contributed by atoms with E-state index in [9.17, 15) is 14.7 Å². The molecule has 1 fully saturated rings. The molecule has 0 spiro atoms. The van der Waals surface area contributed by atoms with Crippen LogP contribution in [-0.4, -0.2) is 27.8 Å². The van der Waals surface area contributed by atoms with Gasteiger partial charge in [0.25, 0.3) is 0 Å². The van der Waals surface area contributed by atoms with Gasteiger partial charge in [-0.25, -0.2) is 14.6 Å². The van der Waals surface area contributed by atoms with Crippen molar-refractivity contribution in [3.8, 4) is 0 Å². The molecule has 1 aromatic heterocycles. The predicted octanol–water partition coefficient (Wildman–Crippen LogP) is 4.15. The van der Waals surface area contributed by atoms with Crippen LogP contribution in [0.4, 0.5) is 9.93 Å². The number of allylic oxidation sites excluding steroid dienone is 1. The average molecular weight is 338 g/mol. The monoisotopic (exact) mass is 338 g/mol. The van der Waals surface area contributed by atoms with Crippen molar-refractivity contribution in [1.29, 1.82) is 0 Å². The molecule has 1 aromatic rings. The third-order valence-electron chi connectivity index (χ3n) is 3.42. The Morgan fingerprint density at radius 1 is 1.39 bits per heavy atom. The van der Waals surface area contributed by atoms with Crippen LogP contribution < -0.4 is 5.32 Å². The standard InChI is InChI=1S/C16H22N2O4S/c1-16(2,3)22-15(21)18-14-17-12(9-23-14)11(13(19)20)8-10-6-4-5-7-10/h8-10H,4-7H2,1-3H3,(H,19,20)(H,17,18,21)/b11-8-. The Kier molecular flexibility index (Phi) is 5.41. The first-order valence-corrected chi connectivity index (χ1v) is 8.53. The molecular formula is C16H22N2O4S. The number of aromatic nitrogens is 1. The molecule has 1 amide bonds. The first-order chi connectivity index (χ1) is 10.7. The molecule has 0 bridgehead atoms. The van der Waals surface area contributed by atoms with Gasteiger partial charge < -0.3 is 9.84 Å². The van der Waals surface area contributed by atoms with E-state index in [0.29, 0.717) is 16.7 Å². The lowest BCUT2D eigenvalue weighted by Crippen LogP contribution is -2.27. The van der Waals surface area contributed by atoms with Crippen molar-refractivity contribution in [2.24, 2.45) is 5.92 Å². The van der Waals surface area contributed by atoms with E-state index in [0.717, 1.165) is 25.7 Å². The average Bonchev–Trinajstić information content (AvgIpc) is 3.04. The maximum Gasteiger partial charge on any atom is 0.413 e. The fraction of sp³-hybridized carbons (Fsp3) is 0.562. The van der Waals surface area contributed by atoms with Gasteiger partial charge in [-0.05, 0) is 39.5 Å². The smallest absolute Gasteiger partial charge is 0.413 e. The largest absolute Gasteiger partial charge is 0.478 e. The molecule has 1 aliphatic carbocycles. The summed E-state index contributed by atoms with van der Waals surface area (Å²) in [7, 11) is 0. The molecule has 126 valence electrons. The summed E-state index contributed by atoms with van der Waals surface area (Å²) in [6.07, 6.45) is 5.50. The molecule has 0 radical (unpaired) electrons. The number of thiazole rings is 1. The van der Waals surface area contributed by atoms with Gasteiger partial charge in [0.05, 0.1) is 11.3 Å². The summed E-state index contributed by atoms with van der Waals surface area (Å²) in [5, 5.41) is 13.9. The summed E-state index contributed by atoms with van der Waals surface area (Å²) in [4.78, 5) is 27.4. The Morgan fingerprint density at radius 2 is 2.04 bits per heavy atom. The molecule has 0 unspecified atom stereocenters. The first-order valence-electron chi connectivity index (χ1n) is 7.65. The topological polar surface area (TPSA) is 88.5 Å². The molecule has 2 rings (SSSR count). The van der Waals surface area contributed by atoms with Crippen molar-refractivity contribution < 1.29 is 19.4 Å². The minimum Gasteiger partial charge on any atom is -0.478 e. The lowest BCUT2D eigenvalue weighted by Gasteiger charge is -2.18. The van der Waals surface area contributed by atoms with Crippen molar-refractivity contribution in [3.63, 3.8) is 0 Å². The number of ether oxygens (including phenoxy) is 1. The number of nitrogens with zero attached hydrogens (tertiary/aromatic N) is 1. The number of carbonyl (C=O) groups excluding carboxylic acids is 1. The fourth-order valence-electron chi connectivity index (χ4n) is 2.47. The summed E-state index contributed by atoms with van der Waals surface area (Å²) in [5.41, 5.74) is -0.0236. The Bertz CT molecular complexity index is 610. The van der Waals surface area contributed by atoms with Gasteiger partial charge in [0.15, 0.2) is 5.13 Å². The van der Waals surface area contributed by atoms with Gasteiger partial charge in [-0.2, -0.15) is 0 Å². The normalized spacial score (nSPS) is 16.4. The maximum absolute atomic E-state index is 11.7. The maximum atomic E-state index is 11.7. The van der Waals surface area contributed by atoms with Gasteiger partial charge >= 0.3 is 12.1 Å². The number of nitrogens with one attached hydrogen (secondary N) is 1. The van der Waals surface area contributed by atoms with E-state index in [4.69, 9.17) is 4.74 Å². The van der Waals surface area contributed by atoms with Crippen LogP contribution in [-0.2, 0) is 9.53 Å². The molecule has 2 N–H and O–H groups in total. The molecule has 1 aliphatic rings. The van der Waals surface area contributed by atoms with E-state index >= 15 is 0 Å². The summed E-state index contributed by atoms with van der Waals surface area (Å²) in [6.45, 7) is 5.31. The van der Waals surface area contributed by atoms with Gasteiger partial charge in [-0.1, -0.05) is 18.9 Å². The van der Waals surface area contributed by atoms with Crippen molar-refractivity contribution in [1.82, 2.24) is 4.98 Å². The number of amides is 1. The molecular weight excluding hydrogens is 316 g/mol. The fourth-order valence-corrected chi connectivity index (χ4v) is 3.17. The Labute approximate surface area is 139 Å². The minimum absolute atomic E-state index is 0.199. The second kappa shape index (κ2) is 7.12. The van der Waals surface area contributed by atoms with Crippen molar-refractivity contribution in [2.75, 3.05) is 5.32 Å². The van der Waals surface area contributed by atoms with Gasteiger partial charge in [-0.15, -0.1) is 11.3 Å². The van der Waals surface area contributed by atoms with Crippen LogP contribution in [0.1, 0.15) is 52.1 Å². The molecule has 0 atom stereocenters. The van der Waals surface area contributed by atoms with Crippen molar-refractivity contribution >= 4 is 34.1 Å². The quantitative estimate of drug-likeness (QED) is 0.805. The van der Waals surface area contributed by atoms with Gasteiger partial charge in [-0.3, -0.25) is 5.32 Å². The van der Waals surface area contributed by atoms with Crippen LogP contribution in [0.2, 0.25) is 0 Å². The number of rotatable bonds is 4. The second-order valence-electron chi connectivity index (χ2n) is 6.59. The van der Waals surface area contributed by atoms with Crippen LogP contribution in [0.3, 0.4) is 0 Å². The highest BCUT2D eigenvalue weighted by molar-refractivity contribution is 7.14. The van der Waals surface area contributed by atoms with E-state index in [1.165, 1.54) is 11.3 Å². The summed E-state index contributed by atoms with van der Waals surface area (Å²) in [5.74, 6) is -0.698. The van der Waals surface area contributed by atoms with Gasteiger partial charge in [0, 0.05) is 5.38 Å². The summed E-state index contributed by atoms with van der Waals surface area (Å²) in [6, 6.07) is 0. The molecule has 1 saturated carbocycles. The predicted molar refractivity (Wildman–Crippen MR) is 89.5 cm³/mol. The highest BCUT2D eigenvalue weighted by Gasteiger charge is 2.21. The SMILES string of the molecule is CC(C)(C)OC(=O)Nc1nc(/C(=C/C2CCCC2)C(=O)O)cs1. The summed E-state index contributed by atoms with van der Waals surface area (Å²) >= 11 is 1.18. The zero-order valence-electron chi connectivity index (χ0n) is 13.6. The van der Waals surface area contributed by atoms with E-state index in [2.05, 4.69) is 10.3 Å². The van der Waals surface area contributed by atoms with E-state index in [1.54, 1.807) is 32.2 Å². The minimum atomic E-state index is -0.994. The zero-order valence-corrected chi connectivity index (χ0v) is 14.4. The molecule has 7 heteroatoms. The van der Waals surface area contributed by atoms with E-state index in [-0.39, 0.29) is 5.57 Å². The van der Waals surface area contributed by atoms with Crippen molar-refractivity contribution in [3.05, 3.63) is 17.2 Å². The number of hydrogen-bond acceptors (Lipinski definition) is 5. The Hall–Kier alpha value is -1.89. The van der Waals surface area contributed by atoms with Crippen LogP contribution >= 0.6 is 11.3 Å². The molecule has 1 heterocycles. The molecule has 0 aliphatic heterocycles. The third kappa shape index (κ3) is 5.35. The number of anilines is 1. The lowest BCUT2D eigenvalue weighted by molar-refractivity contribution is -0.130. The Balaban J connectivity index is 2.09. The molecule has 6 nitrogen and oxygen atoms in total. The zero-order chi connectivity index (χ0) is 17.0. The van der Waals surface area contributed by atoms with E-state index in [1.807, 2.05) is 0 Å². The van der Waals surface area contributed by atoms with Gasteiger partial charge in [0.2, 0.25) is 0 Å². The highest BCUT2D eigenvalue weighted by atomic mass is 32.1. The van der Waals surface area contributed by atoms with Crippen molar-refractivity contribution in [2.45, 2.75) is 52.1 Å². The lowest BCUT2D eigenvalue weighted by atomic mass is 10.0. The molecule has 0 saturated heterocycles. The van der Waals surface area contributed by atoms with Gasteiger partial charge in [0.1, 0.15) is 5.60 Å². The number of aliphatic carboxylic acids is 1.